The highest BCUT2D eigenvalue weighted by atomic mass is 33.1. The molecule has 0 aromatic heterocycles. The lowest BCUT2D eigenvalue weighted by atomic mass is 10.1. The van der Waals surface area contributed by atoms with Crippen molar-refractivity contribution in [3.8, 4) is 0 Å². The molecule has 0 fully saturated rings. The van der Waals surface area contributed by atoms with Gasteiger partial charge in [0.15, 0.2) is 0 Å². The van der Waals surface area contributed by atoms with Crippen molar-refractivity contribution in [1.29, 1.82) is 0 Å². The van der Waals surface area contributed by atoms with Crippen LogP contribution < -0.4 is 0 Å². The number of hydrogen-bond donors (Lipinski definition) is 0. The zero-order chi connectivity index (χ0) is 36.0. The van der Waals surface area contributed by atoms with Crippen molar-refractivity contribution >= 4 is 65.3 Å². The molecular weight excluding hydrogens is 717 g/mol. The van der Waals surface area contributed by atoms with Crippen LogP contribution in [-0.2, 0) is 29.6 Å². The molecule has 0 bridgehead atoms. The van der Waals surface area contributed by atoms with E-state index in [1.165, 1.54) is 62.8 Å². The van der Waals surface area contributed by atoms with Gasteiger partial charge in [-0.05, 0) is 49.9 Å². The topological polar surface area (TPSA) is 143 Å². The third-order valence-corrected chi connectivity index (χ3v) is 15.0. The number of fused-ring (bicyclic) bond motifs is 2. The predicted molar refractivity (Wildman–Crippen MR) is 198 cm³/mol. The largest absolute Gasteiger partial charge is 0.276 e. The number of unbranched alkanes of at least 4 members (excludes halogenated alkanes) is 14. The molecule has 0 saturated heterocycles. The third-order valence-electron chi connectivity index (χ3n) is 8.91. The first kappa shape index (κ1) is 40.1. The van der Waals surface area contributed by atoms with Gasteiger partial charge >= 0.3 is 0 Å². The van der Waals surface area contributed by atoms with Crippen LogP contribution in [0.1, 0.15) is 136 Å². The van der Waals surface area contributed by atoms with Gasteiger partial charge in [0, 0.05) is 24.3 Å². The monoisotopic (exact) mass is 764 g/mol. The third kappa shape index (κ3) is 10.4. The van der Waals surface area contributed by atoms with Crippen LogP contribution in [0.15, 0.2) is 58.3 Å². The average molecular weight is 765 g/mol. The number of carbonyl (C=O) groups is 4. The molecule has 2 heterocycles. The maximum atomic E-state index is 12.6. The van der Waals surface area contributed by atoms with Crippen LogP contribution in [0, 0.1) is 0 Å². The number of hydrogen-bond acceptors (Lipinski definition) is 10. The molecule has 2 aliphatic rings. The minimum absolute atomic E-state index is 0.0535. The van der Waals surface area contributed by atoms with Gasteiger partial charge < -0.3 is 0 Å². The minimum atomic E-state index is -4.08. The smallest absolute Gasteiger partial charge is 0.273 e. The Morgan fingerprint density at radius 2 is 0.760 bits per heavy atom. The summed E-state index contributed by atoms with van der Waals surface area (Å²) >= 11 is 0. The van der Waals surface area contributed by atoms with Crippen LogP contribution in [0.25, 0.3) is 0 Å². The molecule has 50 heavy (non-hydrogen) atoms. The first-order valence-electron chi connectivity index (χ1n) is 17.8. The first-order chi connectivity index (χ1) is 24.1. The number of sulfonamides is 2. The highest BCUT2D eigenvalue weighted by Crippen LogP contribution is 2.32. The summed E-state index contributed by atoms with van der Waals surface area (Å²) in [4.78, 5) is 49.8. The lowest BCUT2D eigenvalue weighted by Crippen LogP contribution is -2.36. The van der Waals surface area contributed by atoms with E-state index in [2.05, 4.69) is 0 Å². The maximum absolute atomic E-state index is 12.6. The van der Waals surface area contributed by atoms with E-state index >= 15 is 0 Å². The van der Waals surface area contributed by atoms with E-state index in [0.29, 0.717) is 21.5 Å². The van der Waals surface area contributed by atoms with Gasteiger partial charge in [-0.15, -0.1) is 0 Å². The molecule has 14 heteroatoms. The Morgan fingerprint density at radius 3 is 1.10 bits per heavy atom. The lowest BCUT2D eigenvalue weighted by Gasteiger charge is -2.12. The van der Waals surface area contributed by atoms with Crippen LogP contribution in [0.5, 0.6) is 0 Å². The number of rotatable bonds is 23. The van der Waals surface area contributed by atoms with Gasteiger partial charge in [-0.3, -0.25) is 19.2 Å². The second-order valence-electron chi connectivity index (χ2n) is 12.7. The van der Waals surface area contributed by atoms with Gasteiger partial charge in [0.2, 0.25) is 11.8 Å². The normalized spacial score (nSPS) is 15.8. The molecular formula is C36H48N2O8S4. The van der Waals surface area contributed by atoms with E-state index in [4.69, 9.17) is 0 Å². The molecule has 0 aliphatic carbocycles. The quantitative estimate of drug-likeness (QED) is 0.0804. The van der Waals surface area contributed by atoms with Gasteiger partial charge in [-0.2, -0.15) is 8.61 Å². The summed E-state index contributed by atoms with van der Waals surface area (Å²) in [6.07, 6.45) is 16.6. The molecule has 0 atom stereocenters. The number of nitrogens with zero attached hydrogens (tertiary/aromatic N) is 2. The van der Waals surface area contributed by atoms with Crippen molar-refractivity contribution < 1.29 is 36.0 Å². The molecule has 2 aromatic carbocycles. The van der Waals surface area contributed by atoms with Crippen molar-refractivity contribution in [2.45, 2.75) is 125 Å². The average Bonchev–Trinajstić information content (AvgIpc) is 3.43. The fraction of sp³-hybridized carbons (Fsp3) is 0.556. The van der Waals surface area contributed by atoms with E-state index in [1.807, 2.05) is 21.6 Å². The molecule has 2 aliphatic heterocycles. The SMILES string of the molecule is O=C(CCCCCCCCCCSSCCCCCCCCCCC(=O)N1C(=O)c2ccccc2S1(=O)=O)N1C(=O)c2ccccc2S1(=O)=O. The summed E-state index contributed by atoms with van der Waals surface area (Å²) in [7, 11) is -4.26. The molecule has 0 spiro atoms. The van der Waals surface area contributed by atoms with E-state index in [-0.39, 0.29) is 33.8 Å². The van der Waals surface area contributed by atoms with Gasteiger partial charge in [-0.1, -0.05) is 123 Å². The fourth-order valence-electron chi connectivity index (χ4n) is 6.18. The van der Waals surface area contributed by atoms with Crippen LogP contribution in [0.3, 0.4) is 0 Å². The summed E-state index contributed by atoms with van der Waals surface area (Å²) < 4.78 is 51.2. The number of imide groups is 2. The Hall–Kier alpha value is -2.68. The Morgan fingerprint density at radius 1 is 0.460 bits per heavy atom. The first-order valence-corrected chi connectivity index (χ1v) is 23.1. The summed E-state index contributed by atoms with van der Waals surface area (Å²) in [6.45, 7) is 0. The second kappa shape index (κ2) is 19.8. The van der Waals surface area contributed by atoms with Crippen molar-refractivity contribution in [1.82, 2.24) is 8.61 Å². The van der Waals surface area contributed by atoms with Crippen molar-refractivity contribution in [2.24, 2.45) is 0 Å². The molecule has 0 radical (unpaired) electrons. The fourth-order valence-corrected chi connectivity index (χ4v) is 11.6. The molecule has 4 amide bonds. The van der Waals surface area contributed by atoms with Crippen LogP contribution in [0.2, 0.25) is 0 Å². The Kier molecular flexibility index (Phi) is 15.9. The highest BCUT2D eigenvalue weighted by molar-refractivity contribution is 8.76. The minimum Gasteiger partial charge on any atom is -0.273 e. The summed E-state index contributed by atoms with van der Waals surface area (Å²) in [6, 6.07) is 11.9. The summed E-state index contributed by atoms with van der Waals surface area (Å²) in [5.41, 5.74) is 0.129. The Balaban J connectivity index is 0.879. The van der Waals surface area contributed by atoms with E-state index in [1.54, 1.807) is 24.3 Å². The van der Waals surface area contributed by atoms with Crippen LogP contribution in [-0.4, -0.2) is 60.6 Å². The maximum Gasteiger partial charge on any atom is 0.276 e. The van der Waals surface area contributed by atoms with Gasteiger partial charge in [0.05, 0.1) is 11.1 Å². The summed E-state index contributed by atoms with van der Waals surface area (Å²) in [5, 5.41) is 0. The molecule has 2 aromatic rings. The predicted octanol–water partition coefficient (Wildman–Crippen LogP) is 8.13. The van der Waals surface area contributed by atoms with Crippen LogP contribution in [0.4, 0.5) is 0 Å². The molecule has 10 nitrogen and oxygen atoms in total. The van der Waals surface area contributed by atoms with E-state index in [9.17, 15) is 36.0 Å². The number of carbonyl (C=O) groups excluding carboxylic acids is 4. The van der Waals surface area contributed by atoms with Gasteiger partial charge in [0.25, 0.3) is 31.9 Å². The van der Waals surface area contributed by atoms with Crippen LogP contribution >= 0.6 is 21.6 Å². The zero-order valence-electron chi connectivity index (χ0n) is 28.6. The number of benzene rings is 2. The van der Waals surface area contributed by atoms with Crippen molar-refractivity contribution in [3.63, 3.8) is 0 Å². The summed E-state index contributed by atoms with van der Waals surface area (Å²) in [5.74, 6) is -0.482. The van der Waals surface area contributed by atoms with Gasteiger partial charge in [-0.25, -0.2) is 16.8 Å². The molecule has 4 rings (SSSR count). The van der Waals surface area contributed by atoms with Crippen molar-refractivity contribution in [3.05, 3.63) is 59.7 Å². The van der Waals surface area contributed by atoms with E-state index < -0.39 is 43.7 Å². The number of amides is 4. The Bertz CT molecular complexity index is 1590. The standard InChI is InChI=1S/C36H48N2O8S4/c39-33(37-35(41)29-21-15-17-23-31(29)49(37,43)44)25-13-9-5-1-3-7-11-19-27-47-48-28-20-12-8-4-2-6-10-14-26-34(40)38-36(42)30-22-16-18-24-32(30)50(38,45)46/h15-18,21-24H,1-14,19-20,25-28H2. The highest BCUT2D eigenvalue weighted by Gasteiger charge is 2.45. The van der Waals surface area contributed by atoms with E-state index in [0.717, 1.165) is 62.9 Å². The molecule has 0 unspecified atom stereocenters. The zero-order valence-corrected chi connectivity index (χ0v) is 31.8. The molecule has 0 N–H and O–H groups in total. The molecule has 274 valence electrons. The molecule has 0 saturated carbocycles. The Labute approximate surface area is 305 Å². The van der Waals surface area contributed by atoms with Crippen molar-refractivity contribution in [2.75, 3.05) is 11.5 Å². The lowest BCUT2D eigenvalue weighted by molar-refractivity contribution is -0.125. The van der Waals surface area contributed by atoms with Gasteiger partial charge in [0.1, 0.15) is 9.79 Å². The second-order valence-corrected chi connectivity index (χ2v) is 18.9.